The highest BCUT2D eigenvalue weighted by Crippen LogP contribution is 2.13. The van der Waals surface area contributed by atoms with Gasteiger partial charge in [0.05, 0.1) is 0 Å². The number of rotatable bonds is 6. The maximum atomic E-state index is 4.47. The third kappa shape index (κ3) is 3.91. The summed E-state index contributed by atoms with van der Waals surface area (Å²) in [5.74, 6) is 1.53. The fourth-order valence-electron chi connectivity index (χ4n) is 1.63. The van der Waals surface area contributed by atoms with Gasteiger partial charge >= 0.3 is 0 Å². The Balaban J connectivity index is 2.02. The summed E-state index contributed by atoms with van der Waals surface area (Å²) in [7, 11) is 0. The van der Waals surface area contributed by atoms with Crippen LogP contribution in [-0.2, 0) is 6.54 Å². The van der Waals surface area contributed by atoms with E-state index in [1.165, 1.54) is 0 Å². The molecule has 0 aromatic carbocycles. The van der Waals surface area contributed by atoms with Crippen molar-refractivity contribution in [2.75, 3.05) is 17.2 Å². The van der Waals surface area contributed by atoms with Crippen LogP contribution in [0.2, 0.25) is 0 Å². The molecule has 2 rings (SSSR count). The third-order valence-corrected chi connectivity index (χ3v) is 2.69. The highest BCUT2D eigenvalue weighted by molar-refractivity contribution is 5.46. The van der Waals surface area contributed by atoms with E-state index in [0.29, 0.717) is 12.5 Å². The first-order chi connectivity index (χ1) is 9.29. The van der Waals surface area contributed by atoms with Crippen LogP contribution < -0.4 is 10.6 Å². The van der Waals surface area contributed by atoms with Gasteiger partial charge in [-0.25, -0.2) is 4.98 Å². The average Bonchev–Trinajstić information content (AvgIpc) is 2.46. The summed E-state index contributed by atoms with van der Waals surface area (Å²) >= 11 is 0. The van der Waals surface area contributed by atoms with Crippen LogP contribution in [0.25, 0.3) is 0 Å². The second-order valence-electron chi connectivity index (χ2n) is 4.37. The summed E-state index contributed by atoms with van der Waals surface area (Å²) in [6.45, 7) is 5.70. The number of nitrogens with zero attached hydrogens (tertiary/aromatic N) is 3. The fraction of sp³-hybridized carbons (Fsp3) is 0.357. The van der Waals surface area contributed by atoms with Crippen LogP contribution in [0.3, 0.4) is 0 Å². The Labute approximate surface area is 113 Å². The van der Waals surface area contributed by atoms with E-state index >= 15 is 0 Å². The molecule has 2 aromatic rings. The lowest BCUT2D eigenvalue weighted by Gasteiger charge is -2.10. The Kier molecular flexibility index (Phi) is 4.66. The zero-order valence-electron chi connectivity index (χ0n) is 11.3. The van der Waals surface area contributed by atoms with Crippen LogP contribution in [0.1, 0.15) is 24.5 Å². The van der Waals surface area contributed by atoms with E-state index in [0.717, 1.165) is 29.9 Å². The molecule has 0 radical (unpaired) electrons. The fourth-order valence-corrected chi connectivity index (χ4v) is 1.63. The molecule has 0 amide bonds. The quantitative estimate of drug-likeness (QED) is 0.833. The lowest BCUT2D eigenvalue weighted by molar-refractivity contribution is 0.946. The third-order valence-electron chi connectivity index (χ3n) is 2.69. The van der Waals surface area contributed by atoms with E-state index in [2.05, 4.69) is 32.5 Å². The van der Waals surface area contributed by atoms with Crippen LogP contribution in [0.15, 0.2) is 30.7 Å². The molecule has 0 saturated carbocycles. The molecule has 0 fully saturated rings. The molecule has 0 unspecified atom stereocenters. The number of hydrogen-bond donors (Lipinski definition) is 2. The first-order valence-corrected chi connectivity index (χ1v) is 6.50. The summed E-state index contributed by atoms with van der Waals surface area (Å²) in [6, 6.07) is 3.96. The van der Waals surface area contributed by atoms with Crippen molar-refractivity contribution in [3.63, 3.8) is 0 Å². The number of nitrogens with one attached hydrogen (secondary N) is 2. The van der Waals surface area contributed by atoms with Crippen molar-refractivity contribution in [2.45, 2.75) is 26.8 Å². The van der Waals surface area contributed by atoms with Gasteiger partial charge in [0.15, 0.2) is 0 Å². The Hall–Kier alpha value is -2.17. The Morgan fingerprint density at radius 1 is 1.21 bits per heavy atom. The van der Waals surface area contributed by atoms with Gasteiger partial charge in [0.2, 0.25) is 5.95 Å². The van der Waals surface area contributed by atoms with Gasteiger partial charge < -0.3 is 10.6 Å². The first kappa shape index (κ1) is 13.3. The van der Waals surface area contributed by atoms with E-state index < -0.39 is 0 Å². The number of aryl methyl sites for hydroxylation is 1. The molecule has 0 atom stereocenters. The minimum absolute atomic E-state index is 0.668. The van der Waals surface area contributed by atoms with Crippen molar-refractivity contribution in [1.29, 1.82) is 0 Å². The molecule has 0 saturated heterocycles. The molecule has 100 valence electrons. The molecule has 2 aromatic heterocycles. The van der Waals surface area contributed by atoms with Gasteiger partial charge in [0.25, 0.3) is 0 Å². The molecule has 0 aliphatic heterocycles. The van der Waals surface area contributed by atoms with Crippen LogP contribution in [0.4, 0.5) is 11.8 Å². The normalized spacial score (nSPS) is 10.2. The SMILES string of the molecule is CCCNc1ncc(C)c(NCc2cccnc2)n1. The minimum atomic E-state index is 0.668. The monoisotopic (exact) mass is 257 g/mol. The molecule has 0 bridgehead atoms. The predicted octanol–water partition coefficient (Wildman–Crippen LogP) is 2.61. The molecule has 0 spiro atoms. The predicted molar refractivity (Wildman–Crippen MR) is 77.1 cm³/mol. The molecule has 0 aliphatic rings. The van der Waals surface area contributed by atoms with Crippen molar-refractivity contribution in [3.05, 3.63) is 41.9 Å². The van der Waals surface area contributed by atoms with E-state index in [-0.39, 0.29) is 0 Å². The van der Waals surface area contributed by atoms with Crippen molar-refractivity contribution < 1.29 is 0 Å². The maximum absolute atomic E-state index is 4.47. The summed E-state index contributed by atoms with van der Waals surface area (Å²) < 4.78 is 0. The van der Waals surface area contributed by atoms with Gasteiger partial charge in [-0.05, 0) is 25.0 Å². The lowest BCUT2D eigenvalue weighted by atomic mass is 10.3. The van der Waals surface area contributed by atoms with Crippen LogP contribution in [0.5, 0.6) is 0 Å². The van der Waals surface area contributed by atoms with Gasteiger partial charge in [-0.1, -0.05) is 13.0 Å². The number of aromatic nitrogens is 3. The van der Waals surface area contributed by atoms with Gasteiger partial charge in [-0.3, -0.25) is 4.98 Å². The van der Waals surface area contributed by atoms with Crippen LogP contribution in [0, 0.1) is 6.92 Å². The first-order valence-electron chi connectivity index (χ1n) is 6.50. The maximum Gasteiger partial charge on any atom is 0.224 e. The lowest BCUT2D eigenvalue weighted by Crippen LogP contribution is -2.09. The van der Waals surface area contributed by atoms with Crippen LogP contribution in [-0.4, -0.2) is 21.5 Å². The van der Waals surface area contributed by atoms with Gasteiger partial charge in [0.1, 0.15) is 5.82 Å². The molecular weight excluding hydrogens is 238 g/mol. The number of hydrogen-bond acceptors (Lipinski definition) is 5. The summed E-state index contributed by atoms with van der Waals surface area (Å²) in [6.07, 6.45) is 6.50. The topological polar surface area (TPSA) is 62.7 Å². The van der Waals surface area contributed by atoms with E-state index in [1.54, 1.807) is 6.20 Å². The Bertz CT molecular complexity index is 512. The smallest absolute Gasteiger partial charge is 0.224 e. The van der Waals surface area contributed by atoms with Crippen molar-refractivity contribution in [3.8, 4) is 0 Å². The molecule has 19 heavy (non-hydrogen) atoms. The highest BCUT2D eigenvalue weighted by atomic mass is 15.1. The second-order valence-corrected chi connectivity index (χ2v) is 4.37. The zero-order chi connectivity index (χ0) is 13.5. The standard InChI is InChI=1S/C14H19N5/c1-3-6-16-14-18-8-11(2)13(19-14)17-10-12-5-4-7-15-9-12/h4-5,7-9H,3,6,10H2,1-2H3,(H2,16,17,18,19). The number of pyridine rings is 1. The highest BCUT2D eigenvalue weighted by Gasteiger charge is 2.03. The summed E-state index contributed by atoms with van der Waals surface area (Å²) in [5.41, 5.74) is 2.16. The van der Waals surface area contributed by atoms with E-state index in [9.17, 15) is 0 Å². The summed E-state index contributed by atoms with van der Waals surface area (Å²) in [5, 5.41) is 6.50. The molecule has 5 heteroatoms. The molecular formula is C14H19N5. The minimum Gasteiger partial charge on any atom is -0.366 e. The average molecular weight is 257 g/mol. The van der Waals surface area contributed by atoms with E-state index in [1.807, 2.05) is 31.5 Å². The van der Waals surface area contributed by atoms with Crippen molar-refractivity contribution >= 4 is 11.8 Å². The van der Waals surface area contributed by atoms with Gasteiger partial charge in [-0.2, -0.15) is 4.98 Å². The molecule has 2 heterocycles. The van der Waals surface area contributed by atoms with Crippen LogP contribution >= 0.6 is 0 Å². The molecule has 2 N–H and O–H groups in total. The second kappa shape index (κ2) is 6.68. The van der Waals surface area contributed by atoms with Gasteiger partial charge in [-0.15, -0.1) is 0 Å². The number of anilines is 2. The Morgan fingerprint density at radius 2 is 2.11 bits per heavy atom. The largest absolute Gasteiger partial charge is 0.366 e. The molecule has 0 aliphatic carbocycles. The van der Waals surface area contributed by atoms with Crippen molar-refractivity contribution in [2.24, 2.45) is 0 Å². The van der Waals surface area contributed by atoms with E-state index in [4.69, 9.17) is 0 Å². The molecule has 5 nitrogen and oxygen atoms in total. The Morgan fingerprint density at radius 3 is 2.84 bits per heavy atom. The van der Waals surface area contributed by atoms with Crippen molar-refractivity contribution in [1.82, 2.24) is 15.0 Å². The summed E-state index contributed by atoms with van der Waals surface area (Å²) in [4.78, 5) is 12.8. The van der Waals surface area contributed by atoms with Gasteiger partial charge in [0, 0.05) is 37.2 Å². The zero-order valence-corrected chi connectivity index (χ0v) is 11.3.